The lowest BCUT2D eigenvalue weighted by atomic mass is 10.1. The number of esters is 1. The fourth-order valence-electron chi connectivity index (χ4n) is 2.90. The summed E-state index contributed by atoms with van der Waals surface area (Å²) in [5.41, 5.74) is 2.08. The van der Waals surface area contributed by atoms with Gasteiger partial charge in [-0.3, -0.25) is 4.79 Å². The second kappa shape index (κ2) is 10.2. The number of amides is 1. The molecule has 1 N–H and O–H groups in total. The van der Waals surface area contributed by atoms with Crippen molar-refractivity contribution in [2.75, 3.05) is 32.7 Å². The van der Waals surface area contributed by atoms with Gasteiger partial charge in [-0.05, 0) is 55.0 Å². The summed E-state index contributed by atoms with van der Waals surface area (Å²) in [7, 11) is 5.43. The van der Waals surface area contributed by atoms with Gasteiger partial charge in [-0.25, -0.2) is 9.79 Å². The number of methoxy groups -OCH3 is 1. The predicted molar refractivity (Wildman–Crippen MR) is 127 cm³/mol. The quantitative estimate of drug-likeness (QED) is 0.647. The number of nitrogens with zero attached hydrogens (tertiary/aromatic N) is 2. The van der Waals surface area contributed by atoms with Crippen molar-refractivity contribution in [3.05, 3.63) is 75.9 Å². The number of carbonyl (C=O) groups is 2. The lowest BCUT2D eigenvalue weighted by Gasteiger charge is -2.11. The van der Waals surface area contributed by atoms with E-state index in [2.05, 4.69) is 4.99 Å². The van der Waals surface area contributed by atoms with Crippen LogP contribution in [0.25, 0.3) is 6.08 Å². The third kappa shape index (κ3) is 5.20. The number of hydrogen-bond donors (Lipinski definition) is 1. The van der Waals surface area contributed by atoms with Gasteiger partial charge >= 0.3 is 5.97 Å². The van der Waals surface area contributed by atoms with E-state index in [0.717, 1.165) is 23.0 Å². The van der Waals surface area contributed by atoms with E-state index in [-0.39, 0.29) is 23.0 Å². The van der Waals surface area contributed by atoms with Crippen LogP contribution in [0.5, 0.6) is 5.75 Å². The number of benzene rings is 2. The number of aliphatic imine (C=N–C) groups is 1. The highest BCUT2D eigenvalue weighted by Crippen LogP contribution is 2.39. The first kappa shape index (κ1) is 23.1. The van der Waals surface area contributed by atoms with E-state index in [0.29, 0.717) is 16.2 Å². The number of ether oxygens (including phenoxy) is 2. The zero-order valence-corrected chi connectivity index (χ0v) is 19.1. The molecule has 1 aliphatic rings. The van der Waals surface area contributed by atoms with Crippen LogP contribution in [0.1, 0.15) is 22.8 Å². The lowest BCUT2D eigenvalue weighted by molar-refractivity contribution is -0.138. The minimum atomic E-state index is -0.731. The van der Waals surface area contributed by atoms with E-state index in [1.807, 2.05) is 43.3 Å². The summed E-state index contributed by atoms with van der Waals surface area (Å²) < 4.78 is 10.2. The van der Waals surface area contributed by atoms with Crippen LogP contribution in [0, 0.1) is 0 Å². The molecule has 8 heteroatoms. The zero-order chi connectivity index (χ0) is 23.3. The van der Waals surface area contributed by atoms with Crippen LogP contribution >= 0.6 is 11.8 Å². The Balaban J connectivity index is 1.95. The average Bonchev–Trinajstić information content (AvgIpc) is 3.08. The molecule has 0 aromatic heterocycles. The number of hydrogen-bond acceptors (Lipinski definition) is 7. The van der Waals surface area contributed by atoms with Crippen molar-refractivity contribution < 1.29 is 24.2 Å². The minimum Gasteiger partial charge on any atom is -0.506 e. The number of aliphatic hydroxyl groups is 1. The number of aliphatic hydroxyl groups excluding tert-OH is 1. The molecule has 1 heterocycles. The first-order valence-electron chi connectivity index (χ1n) is 9.89. The monoisotopic (exact) mass is 452 g/mol. The summed E-state index contributed by atoms with van der Waals surface area (Å²) in [6.07, 6.45) is 1.74. The second-order valence-electron chi connectivity index (χ2n) is 6.99. The molecule has 0 bridgehead atoms. The van der Waals surface area contributed by atoms with Gasteiger partial charge in [-0.15, -0.1) is 0 Å². The predicted octanol–water partition coefficient (Wildman–Crippen LogP) is 4.46. The van der Waals surface area contributed by atoms with Crippen molar-refractivity contribution in [1.29, 1.82) is 0 Å². The first-order chi connectivity index (χ1) is 15.3. The van der Waals surface area contributed by atoms with Crippen LogP contribution in [-0.2, 0) is 9.53 Å². The van der Waals surface area contributed by atoms with Gasteiger partial charge in [0, 0.05) is 25.3 Å². The maximum atomic E-state index is 12.7. The van der Waals surface area contributed by atoms with E-state index < -0.39 is 11.9 Å². The fraction of sp³-hybridized carbons (Fsp3) is 0.208. The van der Waals surface area contributed by atoms with Gasteiger partial charge in [0.2, 0.25) is 0 Å². The van der Waals surface area contributed by atoms with Gasteiger partial charge < -0.3 is 19.5 Å². The van der Waals surface area contributed by atoms with Gasteiger partial charge in [0.15, 0.2) is 0 Å². The molecular weight excluding hydrogens is 428 g/mol. The fourth-order valence-corrected chi connectivity index (χ4v) is 3.91. The minimum absolute atomic E-state index is 0.0953. The van der Waals surface area contributed by atoms with Gasteiger partial charge in [0.1, 0.15) is 22.1 Å². The summed E-state index contributed by atoms with van der Waals surface area (Å²) in [4.78, 5) is 31.7. The number of carbonyl (C=O) groups excluding carboxylic acids is 2. The first-order valence-corrected chi connectivity index (χ1v) is 10.7. The highest BCUT2D eigenvalue weighted by atomic mass is 32.2. The molecule has 166 valence electrons. The van der Waals surface area contributed by atoms with Crippen LogP contribution in [0.15, 0.2) is 69.8 Å². The Hall–Kier alpha value is -3.52. The van der Waals surface area contributed by atoms with E-state index in [4.69, 9.17) is 9.47 Å². The highest BCUT2D eigenvalue weighted by molar-refractivity contribution is 8.18. The average molecular weight is 453 g/mol. The standard InChI is InChI=1S/C24H24N2O5S/c1-5-31-24(29)20-21(27)19(14-15-6-10-17(11-7-15)26(2)3)32-23(20)25-22(28)16-8-12-18(30-4)13-9-16/h6-14,27H,5H2,1-4H3/b19-14-,25-23?. The van der Waals surface area contributed by atoms with Gasteiger partial charge in [0.05, 0.1) is 18.6 Å². The molecule has 0 saturated heterocycles. The lowest BCUT2D eigenvalue weighted by Crippen LogP contribution is -2.14. The second-order valence-corrected chi connectivity index (χ2v) is 8.02. The number of thioether (sulfide) groups is 1. The molecular formula is C24H24N2O5S. The molecule has 2 aromatic carbocycles. The third-order valence-electron chi connectivity index (χ3n) is 4.62. The van der Waals surface area contributed by atoms with Crippen molar-refractivity contribution in [3.8, 4) is 5.75 Å². The van der Waals surface area contributed by atoms with Crippen LogP contribution in [0.4, 0.5) is 5.69 Å². The Labute approximate surface area is 191 Å². The Kier molecular flexibility index (Phi) is 7.37. The maximum Gasteiger partial charge on any atom is 0.344 e. The van der Waals surface area contributed by atoms with Crippen LogP contribution in [0.2, 0.25) is 0 Å². The molecule has 0 spiro atoms. The van der Waals surface area contributed by atoms with Gasteiger partial charge in [0.25, 0.3) is 5.91 Å². The Morgan fingerprint density at radius 2 is 1.75 bits per heavy atom. The molecule has 3 rings (SSSR count). The molecule has 0 saturated carbocycles. The number of anilines is 1. The molecule has 2 aromatic rings. The summed E-state index contributed by atoms with van der Waals surface area (Å²) >= 11 is 1.05. The van der Waals surface area contributed by atoms with E-state index >= 15 is 0 Å². The summed E-state index contributed by atoms with van der Waals surface area (Å²) in [5.74, 6) is -0.919. The largest absolute Gasteiger partial charge is 0.506 e. The van der Waals surface area contributed by atoms with Crippen LogP contribution in [0.3, 0.4) is 0 Å². The van der Waals surface area contributed by atoms with Crippen LogP contribution < -0.4 is 9.64 Å². The normalized spacial score (nSPS) is 15.9. The molecule has 1 amide bonds. The molecule has 32 heavy (non-hydrogen) atoms. The maximum absolute atomic E-state index is 12.7. The summed E-state index contributed by atoms with van der Waals surface area (Å²) in [6.45, 7) is 1.80. The third-order valence-corrected chi connectivity index (χ3v) is 5.64. The Morgan fingerprint density at radius 3 is 2.31 bits per heavy atom. The van der Waals surface area contributed by atoms with Crippen molar-refractivity contribution in [3.63, 3.8) is 0 Å². The van der Waals surface area contributed by atoms with E-state index in [1.165, 1.54) is 7.11 Å². The molecule has 0 fully saturated rings. The van der Waals surface area contributed by atoms with Crippen LogP contribution in [-0.4, -0.2) is 49.8 Å². The highest BCUT2D eigenvalue weighted by Gasteiger charge is 2.33. The molecule has 0 atom stereocenters. The molecule has 0 unspecified atom stereocenters. The smallest absolute Gasteiger partial charge is 0.344 e. The molecule has 0 aliphatic carbocycles. The van der Waals surface area contributed by atoms with E-state index in [9.17, 15) is 14.7 Å². The molecule has 1 aliphatic heterocycles. The summed E-state index contributed by atoms with van der Waals surface area (Å²) in [6, 6.07) is 14.2. The molecule has 0 radical (unpaired) electrons. The van der Waals surface area contributed by atoms with Crippen molar-refractivity contribution >= 4 is 40.4 Å². The Bertz CT molecular complexity index is 1100. The summed E-state index contributed by atoms with van der Waals surface area (Å²) in [5, 5.41) is 10.8. The van der Waals surface area contributed by atoms with Gasteiger partial charge in [-0.2, -0.15) is 0 Å². The zero-order valence-electron chi connectivity index (χ0n) is 18.3. The number of rotatable bonds is 6. The topological polar surface area (TPSA) is 88.4 Å². The molecule has 7 nitrogen and oxygen atoms in total. The van der Waals surface area contributed by atoms with Crippen molar-refractivity contribution in [1.82, 2.24) is 0 Å². The van der Waals surface area contributed by atoms with E-state index in [1.54, 1.807) is 37.3 Å². The SMILES string of the molecule is CCOC(=O)C1=C(O)/C(=C/c2ccc(N(C)C)cc2)SC1=NC(=O)c1ccc(OC)cc1. The van der Waals surface area contributed by atoms with Crippen molar-refractivity contribution in [2.24, 2.45) is 4.99 Å². The van der Waals surface area contributed by atoms with Crippen molar-refractivity contribution in [2.45, 2.75) is 6.92 Å². The Morgan fingerprint density at radius 1 is 1.09 bits per heavy atom. The van der Waals surface area contributed by atoms with Gasteiger partial charge in [-0.1, -0.05) is 23.9 Å².